The molecule has 4 aliphatic carbocycles. The van der Waals surface area contributed by atoms with E-state index in [2.05, 4.69) is 6.92 Å². The molecule has 0 aliphatic heterocycles. The lowest BCUT2D eigenvalue weighted by Gasteiger charge is -2.62. The molecule has 4 rings (SSSR count). The third kappa shape index (κ3) is 1.22. The van der Waals surface area contributed by atoms with Gasteiger partial charge >= 0.3 is 0 Å². The highest BCUT2D eigenvalue weighted by atomic mass is 16.7. The van der Waals surface area contributed by atoms with Crippen LogP contribution in [0.5, 0.6) is 0 Å². The summed E-state index contributed by atoms with van der Waals surface area (Å²) in [6, 6.07) is 0. The van der Waals surface area contributed by atoms with Crippen molar-refractivity contribution >= 4 is 0 Å². The third-order valence-electron chi connectivity index (χ3n) is 5.17. The van der Waals surface area contributed by atoms with Gasteiger partial charge < -0.3 is 0 Å². The van der Waals surface area contributed by atoms with Gasteiger partial charge in [0.15, 0.2) is 0 Å². The second kappa shape index (κ2) is 2.94. The molecule has 0 aromatic heterocycles. The molecule has 15 heavy (non-hydrogen) atoms. The molecule has 0 spiro atoms. The molecular weight excluding hydrogens is 192 g/mol. The lowest BCUT2D eigenvalue weighted by atomic mass is 9.49. The van der Waals surface area contributed by atoms with E-state index in [4.69, 9.17) is 21.5 Å². The predicted octanol–water partition coefficient (Wildman–Crippen LogP) is 1.10. The molecule has 0 aromatic carbocycles. The summed E-state index contributed by atoms with van der Waals surface area (Å²) in [5.41, 5.74) is -0.282. The van der Waals surface area contributed by atoms with Crippen LogP contribution in [0.3, 0.4) is 0 Å². The van der Waals surface area contributed by atoms with Crippen molar-refractivity contribution in [3.63, 3.8) is 0 Å². The third-order valence-corrected chi connectivity index (χ3v) is 5.17. The second-order valence-corrected chi connectivity index (χ2v) is 5.97. The zero-order chi connectivity index (χ0) is 10.7. The first-order valence-corrected chi connectivity index (χ1v) is 5.88. The molecule has 4 aliphatic rings. The van der Waals surface area contributed by atoms with Crippen LogP contribution in [0.2, 0.25) is 0 Å². The Bertz CT molecular complexity index is 244. The van der Waals surface area contributed by atoms with E-state index in [-0.39, 0.29) is 11.2 Å². The van der Waals surface area contributed by atoms with E-state index in [9.17, 15) is 0 Å². The standard InChI is InChI=1S/C11H20N2O2/c1-7-8-2-10(14-12)4-9(7)5-11(3-8,6-10)15-13/h7-9H,2-6,12-13H2,1H3. The topological polar surface area (TPSA) is 70.5 Å². The molecule has 4 fully saturated rings. The van der Waals surface area contributed by atoms with Gasteiger partial charge in [0.2, 0.25) is 0 Å². The van der Waals surface area contributed by atoms with Crippen molar-refractivity contribution in [3.05, 3.63) is 0 Å². The van der Waals surface area contributed by atoms with Crippen molar-refractivity contribution in [1.29, 1.82) is 0 Å². The van der Waals surface area contributed by atoms with E-state index in [1.165, 1.54) is 0 Å². The molecule has 4 heteroatoms. The SMILES string of the molecule is CC1C2CC3(ON)CC1CC(ON)(C2)C3. The van der Waals surface area contributed by atoms with E-state index in [1.54, 1.807) is 0 Å². The van der Waals surface area contributed by atoms with Crippen LogP contribution < -0.4 is 11.8 Å². The maximum atomic E-state index is 5.49. The normalized spacial score (nSPS) is 57.4. The summed E-state index contributed by atoms with van der Waals surface area (Å²) in [5.74, 6) is 13.1. The fraction of sp³-hybridized carbons (Fsp3) is 1.00. The van der Waals surface area contributed by atoms with Crippen molar-refractivity contribution in [2.75, 3.05) is 0 Å². The molecule has 4 bridgehead atoms. The first-order chi connectivity index (χ1) is 7.12. The van der Waals surface area contributed by atoms with Gasteiger partial charge in [-0.3, -0.25) is 9.68 Å². The Morgan fingerprint density at radius 1 is 0.933 bits per heavy atom. The quantitative estimate of drug-likeness (QED) is 0.672. The van der Waals surface area contributed by atoms with E-state index < -0.39 is 0 Å². The number of hydrogen-bond donors (Lipinski definition) is 2. The van der Waals surface area contributed by atoms with E-state index in [0.29, 0.717) is 11.8 Å². The summed E-state index contributed by atoms with van der Waals surface area (Å²) in [7, 11) is 0. The summed E-state index contributed by atoms with van der Waals surface area (Å²) >= 11 is 0. The maximum absolute atomic E-state index is 5.49. The van der Waals surface area contributed by atoms with Gasteiger partial charge in [0, 0.05) is 6.42 Å². The van der Waals surface area contributed by atoms with Crippen molar-refractivity contribution in [2.45, 2.75) is 50.2 Å². The Morgan fingerprint density at radius 2 is 1.33 bits per heavy atom. The lowest BCUT2D eigenvalue weighted by molar-refractivity contribution is -0.254. The molecule has 0 heterocycles. The molecule has 0 amide bonds. The first kappa shape index (κ1) is 10.0. The highest BCUT2D eigenvalue weighted by molar-refractivity contribution is 5.12. The minimum absolute atomic E-state index is 0.141. The van der Waals surface area contributed by atoms with Gasteiger partial charge in [-0.2, -0.15) is 0 Å². The lowest BCUT2D eigenvalue weighted by Crippen LogP contribution is -2.64. The van der Waals surface area contributed by atoms with Gasteiger partial charge in [0.05, 0.1) is 11.2 Å². The molecule has 0 saturated heterocycles. The number of hydrogen-bond acceptors (Lipinski definition) is 4. The predicted molar refractivity (Wildman–Crippen MR) is 55.2 cm³/mol. The zero-order valence-electron chi connectivity index (χ0n) is 9.24. The number of rotatable bonds is 2. The van der Waals surface area contributed by atoms with Crippen LogP contribution in [-0.2, 0) is 9.68 Å². The van der Waals surface area contributed by atoms with Gasteiger partial charge in [-0.15, -0.1) is 0 Å². The summed E-state index contributed by atoms with van der Waals surface area (Å²) in [6.45, 7) is 2.35. The summed E-state index contributed by atoms with van der Waals surface area (Å²) in [5, 5.41) is 0. The second-order valence-electron chi connectivity index (χ2n) is 5.97. The summed E-state index contributed by atoms with van der Waals surface area (Å²) in [6.07, 6.45) is 5.24. The Morgan fingerprint density at radius 3 is 1.67 bits per heavy atom. The van der Waals surface area contributed by atoms with Crippen LogP contribution in [0.1, 0.15) is 39.0 Å². The van der Waals surface area contributed by atoms with E-state index in [0.717, 1.165) is 38.0 Å². The smallest absolute Gasteiger partial charge is 0.0927 e. The minimum atomic E-state index is -0.141. The molecule has 4 nitrogen and oxygen atoms in total. The van der Waals surface area contributed by atoms with Crippen molar-refractivity contribution in [1.82, 2.24) is 0 Å². The molecule has 4 saturated carbocycles. The summed E-state index contributed by atoms with van der Waals surface area (Å²) in [4.78, 5) is 10.6. The molecule has 0 aromatic rings. The minimum Gasteiger partial charge on any atom is -0.298 e. The van der Waals surface area contributed by atoms with Gasteiger partial charge in [-0.25, -0.2) is 11.8 Å². The van der Waals surface area contributed by atoms with E-state index in [1.807, 2.05) is 0 Å². The highest BCUT2D eigenvalue weighted by Gasteiger charge is 2.61. The van der Waals surface area contributed by atoms with Crippen molar-refractivity contribution in [3.8, 4) is 0 Å². The molecule has 4 N–H and O–H groups in total. The van der Waals surface area contributed by atoms with Gasteiger partial charge in [-0.05, 0) is 43.4 Å². The monoisotopic (exact) mass is 212 g/mol. The Balaban J connectivity index is 1.96. The highest BCUT2D eigenvalue weighted by Crippen LogP contribution is 2.61. The average molecular weight is 212 g/mol. The fourth-order valence-electron chi connectivity index (χ4n) is 4.50. The number of nitrogens with two attached hydrogens (primary N) is 2. The Kier molecular flexibility index (Phi) is 1.97. The van der Waals surface area contributed by atoms with Crippen LogP contribution in [0.4, 0.5) is 0 Å². The maximum Gasteiger partial charge on any atom is 0.0927 e. The summed E-state index contributed by atoms with van der Waals surface area (Å²) < 4.78 is 0. The van der Waals surface area contributed by atoms with Crippen LogP contribution in [0, 0.1) is 17.8 Å². The van der Waals surface area contributed by atoms with Crippen LogP contribution in [-0.4, -0.2) is 11.2 Å². The van der Waals surface area contributed by atoms with Crippen LogP contribution in [0.25, 0.3) is 0 Å². The largest absolute Gasteiger partial charge is 0.298 e. The zero-order valence-corrected chi connectivity index (χ0v) is 9.24. The van der Waals surface area contributed by atoms with Crippen molar-refractivity contribution in [2.24, 2.45) is 29.5 Å². The molecule has 0 unspecified atom stereocenters. The van der Waals surface area contributed by atoms with Crippen LogP contribution in [0.15, 0.2) is 0 Å². The Labute approximate surface area is 90.2 Å². The first-order valence-electron chi connectivity index (χ1n) is 5.88. The van der Waals surface area contributed by atoms with E-state index >= 15 is 0 Å². The average Bonchev–Trinajstić information content (AvgIpc) is 2.25. The van der Waals surface area contributed by atoms with Gasteiger partial charge in [-0.1, -0.05) is 6.92 Å². The Hall–Kier alpha value is -0.160. The van der Waals surface area contributed by atoms with Gasteiger partial charge in [0.1, 0.15) is 0 Å². The molecule has 0 atom stereocenters. The van der Waals surface area contributed by atoms with Crippen LogP contribution >= 0.6 is 0 Å². The fourth-order valence-corrected chi connectivity index (χ4v) is 4.50. The molecule has 0 radical (unpaired) electrons. The van der Waals surface area contributed by atoms with Crippen molar-refractivity contribution < 1.29 is 9.68 Å². The molecule has 86 valence electrons. The molecular formula is C11H20N2O2. The van der Waals surface area contributed by atoms with Gasteiger partial charge in [0.25, 0.3) is 0 Å².